The summed E-state index contributed by atoms with van der Waals surface area (Å²) in [6.07, 6.45) is 4.25. The lowest BCUT2D eigenvalue weighted by atomic mass is 9.82. The van der Waals surface area contributed by atoms with Crippen molar-refractivity contribution in [3.05, 3.63) is 42.4 Å². The van der Waals surface area contributed by atoms with Crippen LogP contribution < -0.4 is 5.32 Å². The molecule has 0 spiro atoms. The minimum absolute atomic E-state index is 0.0799. The second kappa shape index (κ2) is 5.72. The van der Waals surface area contributed by atoms with Crippen LogP contribution in [0.3, 0.4) is 0 Å². The van der Waals surface area contributed by atoms with Gasteiger partial charge in [0.05, 0.1) is 11.6 Å². The molecule has 1 aliphatic carbocycles. The number of rotatable bonds is 3. The highest BCUT2D eigenvalue weighted by atomic mass is 16.3. The van der Waals surface area contributed by atoms with Crippen LogP contribution in [0.5, 0.6) is 0 Å². The average molecular weight is 322 g/mol. The molecule has 24 heavy (non-hydrogen) atoms. The highest BCUT2D eigenvalue weighted by Crippen LogP contribution is 2.29. The number of carbonyl (C=O) groups is 1. The predicted octanol–water partition coefficient (Wildman–Crippen LogP) is 2.64. The van der Waals surface area contributed by atoms with Gasteiger partial charge in [0.1, 0.15) is 5.82 Å². The second-order valence-corrected chi connectivity index (χ2v) is 6.34. The van der Waals surface area contributed by atoms with Gasteiger partial charge >= 0.3 is 0 Å². The van der Waals surface area contributed by atoms with E-state index in [1.807, 2.05) is 31.2 Å². The summed E-state index contributed by atoms with van der Waals surface area (Å²) in [5.74, 6) is 0.327. The van der Waals surface area contributed by atoms with Gasteiger partial charge in [-0.25, -0.2) is 4.98 Å². The van der Waals surface area contributed by atoms with E-state index < -0.39 is 0 Å². The van der Waals surface area contributed by atoms with E-state index in [9.17, 15) is 9.90 Å². The van der Waals surface area contributed by atoms with Crippen LogP contribution in [0.4, 0.5) is 5.82 Å². The zero-order valence-electron chi connectivity index (χ0n) is 13.3. The molecule has 0 bridgehead atoms. The summed E-state index contributed by atoms with van der Waals surface area (Å²) in [5.41, 5.74) is 3.92. The van der Waals surface area contributed by atoms with Gasteiger partial charge in [-0.15, -0.1) is 0 Å². The molecule has 3 heterocycles. The molecule has 6 nitrogen and oxygen atoms in total. The number of aromatic amines is 1. The minimum atomic E-state index is -0.342. The SMILES string of the molecule is Cc1cc(-c2cc3cnc(NC(=O)C4CC(O)C4)cc3[nH]2)ccn1. The Kier molecular flexibility index (Phi) is 3.54. The van der Waals surface area contributed by atoms with Crippen molar-refractivity contribution in [2.45, 2.75) is 25.9 Å². The van der Waals surface area contributed by atoms with Gasteiger partial charge in [0.25, 0.3) is 0 Å². The van der Waals surface area contributed by atoms with Crippen molar-refractivity contribution in [2.75, 3.05) is 5.32 Å². The van der Waals surface area contributed by atoms with Crippen molar-refractivity contribution >= 4 is 22.6 Å². The number of H-pyrrole nitrogens is 1. The molecule has 3 N–H and O–H groups in total. The Bertz CT molecular complexity index is 912. The first-order valence-corrected chi connectivity index (χ1v) is 7.99. The fourth-order valence-corrected chi connectivity index (χ4v) is 2.99. The maximum atomic E-state index is 12.1. The number of aryl methyl sites for hydroxylation is 1. The smallest absolute Gasteiger partial charge is 0.228 e. The predicted molar refractivity (Wildman–Crippen MR) is 91.4 cm³/mol. The molecule has 1 amide bonds. The maximum Gasteiger partial charge on any atom is 0.228 e. The van der Waals surface area contributed by atoms with Crippen LogP contribution in [0, 0.1) is 12.8 Å². The number of amides is 1. The number of hydrogen-bond donors (Lipinski definition) is 3. The molecule has 1 aliphatic rings. The van der Waals surface area contributed by atoms with Gasteiger partial charge in [-0.1, -0.05) is 0 Å². The monoisotopic (exact) mass is 322 g/mol. The summed E-state index contributed by atoms with van der Waals surface area (Å²) in [6.45, 7) is 1.96. The molecule has 0 aliphatic heterocycles. The Balaban J connectivity index is 1.58. The third-order valence-electron chi connectivity index (χ3n) is 4.45. The lowest BCUT2D eigenvalue weighted by Crippen LogP contribution is -2.37. The van der Waals surface area contributed by atoms with Crippen LogP contribution in [0.15, 0.2) is 36.7 Å². The highest BCUT2D eigenvalue weighted by Gasteiger charge is 2.33. The summed E-state index contributed by atoms with van der Waals surface area (Å²) in [5, 5.41) is 13.1. The number of anilines is 1. The quantitative estimate of drug-likeness (QED) is 0.691. The third kappa shape index (κ3) is 2.76. The molecule has 1 fully saturated rings. The van der Waals surface area contributed by atoms with E-state index in [-0.39, 0.29) is 17.9 Å². The molecule has 0 unspecified atom stereocenters. The molecule has 0 saturated heterocycles. The number of nitrogens with zero attached hydrogens (tertiary/aromatic N) is 2. The van der Waals surface area contributed by atoms with E-state index in [1.54, 1.807) is 12.4 Å². The number of fused-ring (bicyclic) bond motifs is 1. The van der Waals surface area contributed by atoms with E-state index in [0.717, 1.165) is 27.9 Å². The van der Waals surface area contributed by atoms with Crippen LogP contribution in [-0.4, -0.2) is 32.1 Å². The summed E-state index contributed by atoms with van der Waals surface area (Å²) in [6, 6.07) is 7.84. The Morgan fingerprint density at radius 3 is 2.88 bits per heavy atom. The molecule has 122 valence electrons. The molecule has 0 atom stereocenters. The fourth-order valence-electron chi connectivity index (χ4n) is 2.99. The number of aliphatic hydroxyl groups is 1. The van der Waals surface area contributed by atoms with Gasteiger partial charge in [0, 0.05) is 46.7 Å². The molecule has 3 aromatic heterocycles. The first kappa shape index (κ1) is 14.8. The van der Waals surface area contributed by atoms with Crippen molar-refractivity contribution in [3.63, 3.8) is 0 Å². The van der Waals surface area contributed by atoms with E-state index in [2.05, 4.69) is 20.3 Å². The zero-order valence-corrected chi connectivity index (χ0v) is 13.3. The second-order valence-electron chi connectivity index (χ2n) is 6.34. The Morgan fingerprint density at radius 1 is 1.29 bits per heavy atom. The van der Waals surface area contributed by atoms with Crippen LogP contribution in [0.2, 0.25) is 0 Å². The van der Waals surface area contributed by atoms with Crippen molar-refractivity contribution in [2.24, 2.45) is 5.92 Å². The summed E-state index contributed by atoms with van der Waals surface area (Å²) >= 11 is 0. The molecule has 0 radical (unpaired) electrons. The topological polar surface area (TPSA) is 90.9 Å². The van der Waals surface area contributed by atoms with Gasteiger partial charge in [-0.05, 0) is 38.0 Å². The summed E-state index contributed by atoms with van der Waals surface area (Å²) in [7, 11) is 0. The van der Waals surface area contributed by atoms with Gasteiger partial charge in [0.15, 0.2) is 0 Å². The minimum Gasteiger partial charge on any atom is -0.393 e. The summed E-state index contributed by atoms with van der Waals surface area (Å²) in [4.78, 5) is 23.9. The van der Waals surface area contributed by atoms with Gasteiger partial charge in [-0.3, -0.25) is 9.78 Å². The summed E-state index contributed by atoms with van der Waals surface area (Å²) < 4.78 is 0. The van der Waals surface area contributed by atoms with Gasteiger partial charge in [0.2, 0.25) is 5.91 Å². The fraction of sp³-hybridized carbons (Fsp3) is 0.278. The average Bonchev–Trinajstić information content (AvgIpc) is 2.95. The number of nitrogens with one attached hydrogen (secondary N) is 2. The van der Waals surface area contributed by atoms with E-state index in [0.29, 0.717) is 18.7 Å². The highest BCUT2D eigenvalue weighted by molar-refractivity contribution is 5.94. The normalized spacial score (nSPS) is 19.9. The third-order valence-corrected chi connectivity index (χ3v) is 4.45. The lowest BCUT2D eigenvalue weighted by molar-refractivity contribution is -0.126. The number of aromatic nitrogens is 3. The number of hydrogen-bond acceptors (Lipinski definition) is 4. The standard InChI is InChI=1S/C18H18N4O2/c1-10-4-11(2-3-19-10)15-7-13-9-20-17(8-16(13)21-15)22-18(24)12-5-14(23)6-12/h2-4,7-9,12,14,21,23H,5-6H2,1H3,(H,20,22,24). The van der Waals surface area contributed by atoms with Crippen LogP contribution in [0.25, 0.3) is 22.2 Å². The van der Waals surface area contributed by atoms with Crippen molar-refractivity contribution < 1.29 is 9.90 Å². The molecule has 6 heteroatoms. The van der Waals surface area contributed by atoms with E-state index in [1.165, 1.54) is 0 Å². The first-order valence-electron chi connectivity index (χ1n) is 7.99. The molecular weight excluding hydrogens is 304 g/mol. The van der Waals surface area contributed by atoms with Gasteiger partial charge in [-0.2, -0.15) is 0 Å². The molecule has 3 aromatic rings. The van der Waals surface area contributed by atoms with E-state index >= 15 is 0 Å². The van der Waals surface area contributed by atoms with Crippen molar-refractivity contribution in [3.8, 4) is 11.3 Å². The zero-order chi connectivity index (χ0) is 16.7. The molecular formula is C18H18N4O2. The number of pyridine rings is 2. The molecule has 4 rings (SSSR count). The lowest BCUT2D eigenvalue weighted by Gasteiger charge is -2.29. The van der Waals surface area contributed by atoms with Gasteiger partial charge < -0.3 is 15.4 Å². The number of carbonyl (C=O) groups excluding carboxylic acids is 1. The molecule has 1 saturated carbocycles. The Labute approximate surface area is 139 Å². The van der Waals surface area contributed by atoms with Crippen LogP contribution in [-0.2, 0) is 4.79 Å². The Hall–Kier alpha value is -2.73. The van der Waals surface area contributed by atoms with Crippen molar-refractivity contribution in [1.29, 1.82) is 0 Å². The van der Waals surface area contributed by atoms with E-state index in [4.69, 9.17) is 0 Å². The maximum absolute atomic E-state index is 12.1. The van der Waals surface area contributed by atoms with Crippen molar-refractivity contribution in [1.82, 2.24) is 15.0 Å². The van der Waals surface area contributed by atoms with Crippen LogP contribution in [0.1, 0.15) is 18.5 Å². The van der Waals surface area contributed by atoms with Crippen LogP contribution >= 0.6 is 0 Å². The number of aliphatic hydroxyl groups excluding tert-OH is 1. The molecule has 0 aromatic carbocycles. The largest absolute Gasteiger partial charge is 0.393 e. The Morgan fingerprint density at radius 2 is 2.12 bits per heavy atom. The first-order chi connectivity index (χ1) is 11.6.